The number of hydrogen-bond acceptors (Lipinski definition) is 4. The third-order valence-electron chi connectivity index (χ3n) is 2.92. The number of carbonyl (C=O) groups excluding carboxylic acids is 2. The van der Waals surface area contributed by atoms with Crippen LogP contribution in [0.25, 0.3) is 16.7 Å². The molecule has 0 fully saturated rings. The smallest absolute Gasteiger partial charge is 0.211 e. The first kappa shape index (κ1) is 16.3. The van der Waals surface area contributed by atoms with Crippen molar-refractivity contribution >= 4 is 40.3 Å². The minimum absolute atomic E-state index is 0.231. The molecule has 0 saturated heterocycles. The highest BCUT2D eigenvalue weighted by Crippen LogP contribution is 2.43. The average molecular weight is 280 g/mol. The Kier molecular flexibility index (Phi) is 5.09. The Morgan fingerprint density at radius 3 is 1.81 bits per heavy atom. The quantitative estimate of drug-likeness (QED) is 0.578. The van der Waals surface area contributed by atoms with Crippen molar-refractivity contribution in [1.82, 2.24) is 0 Å². The van der Waals surface area contributed by atoms with Gasteiger partial charge in [-0.15, -0.1) is 0 Å². The molecule has 0 bridgehead atoms. The number of rotatable bonds is 5. The highest BCUT2D eigenvalue weighted by atomic mass is 16.1. The summed E-state index contributed by atoms with van der Waals surface area (Å²) >= 11 is 0. The standard InChI is InChI=1S/C17H16N2O2/c1-10(2)13-7-14(18-8-20)17(19-9-21)16(12(5)6)15(13)11(3)4/h7H,1,3,5H2,2,4,6H3. The van der Waals surface area contributed by atoms with E-state index < -0.39 is 0 Å². The van der Waals surface area contributed by atoms with Crippen molar-refractivity contribution in [3.8, 4) is 0 Å². The molecule has 0 aliphatic heterocycles. The fraction of sp³-hybridized carbons (Fsp3) is 0.176. The normalized spacial score (nSPS) is 9.29. The molecule has 0 atom stereocenters. The first-order valence-corrected chi connectivity index (χ1v) is 6.19. The van der Waals surface area contributed by atoms with E-state index >= 15 is 0 Å². The highest BCUT2D eigenvalue weighted by molar-refractivity contribution is 5.94. The maximum atomic E-state index is 10.7. The van der Waals surface area contributed by atoms with Crippen LogP contribution in [-0.4, -0.2) is 12.2 Å². The van der Waals surface area contributed by atoms with Crippen molar-refractivity contribution < 1.29 is 9.59 Å². The van der Waals surface area contributed by atoms with Crippen LogP contribution < -0.4 is 0 Å². The second-order valence-electron chi connectivity index (χ2n) is 4.79. The zero-order chi connectivity index (χ0) is 16.2. The fourth-order valence-electron chi connectivity index (χ4n) is 2.15. The first-order valence-electron chi connectivity index (χ1n) is 6.19. The third kappa shape index (κ3) is 3.21. The minimum atomic E-state index is 0.231. The minimum Gasteiger partial charge on any atom is -0.211 e. The van der Waals surface area contributed by atoms with Gasteiger partial charge in [0.15, 0.2) is 0 Å². The van der Waals surface area contributed by atoms with E-state index in [4.69, 9.17) is 0 Å². The lowest BCUT2D eigenvalue weighted by atomic mass is 9.87. The Morgan fingerprint density at radius 2 is 1.43 bits per heavy atom. The van der Waals surface area contributed by atoms with Crippen molar-refractivity contribution in [3.63, 3.8) is 0 Å². The molecule has 0 saturated carbocycles. The van der Waals surface area contributed by atoms with Crippen LogP contribution in [0.1, 0.15) is 37.5 Å². The van der Waals surface area contributed by atoms with Gasteiger partial charge < -0.3 is 0 Å². The molecule has 0 amide bonds. The number of allylic oxidation sites excluding steroid dienone is 3. The summed E-state index contributed by atoms with van der Waals surface area (Å²) in [7, 11) is 0. The lowest BCUT2D eigenvalue weighted by Crippen LogP contribution is -1.97. The zero-order valence-corrected chi connectivity index (χ0v) is 12.4. The van der Waals surface area contributed by atoms with Gasteiger partial charge >= 0.3 is 0 Å². The van der Waals surface area contributed by atoms with Gasteiger partial charge in [0.1, 0.15) is 11.4 Å². The molecule has 0 N–H and O–H groups in total. The van der Waals surface area contributed by atoms with Crippen molar-refractivity contribution in [2.24, 2.45) is 9.98 Å². The van der Waals surface area contributed by atoms with Crippen molar-refractivity contribution in [2.45, 2.75) is 20.8 Å². The third-order valence-corrected chi connectivity index (χ3v) is 2.92. The van der Waals surface area contributed by atoms with Gasteiger partial charge in [-0.1, -0.05) is 25.3 Å². The van der Waals surface area contributed by atoms with Crippen LogP contribution in [0.4, 0.5) is 11.4 Å². The number of isocyanates is 2. The summed E-state index contributed by atoms with van der Waals surface area (Å²) in [5.74, 6) is 0. The number of nitrogens with zero attached hydrogens (tertiary/aromatic N) is 2. The summed E-state index contributed by atoms with van der Waals surface area (Å²) in [5.41, 5.74) is 4.87. The van der Waals surface area contributed by atoms with Gasteiger partial charge in [-0.3, -0.25) is 0 Å². The van der Waals surface area contributed by atoms with Crippen LogP contribution in [0.2, 0.25) is 0 Å². The van der Waals surface area contributed by atoms with Crippen molar-refractivity contribution in [3.05, 3.63) is 42.5 Å². The average Bonchev–Trinajstić information content (AvgIpc) is 2.39. The van der Waals surface area contributed by atoms with E-state index in [1.165, 1.54) is 12.2 Å². The molecule has 1 aromatic carbocycles. The molecule has 1 aromatic rings. The molecule has 4 nitrogen and oxygen atoms in total. The summed E-state index contributed by atoms with van der Waals surface area (Å²) < 4.78 is 0. The van der Waals surface area contributed by atoms with E-state index in [0.29, 0.717) is 11.1 Å². The van der Waals surface area contributed by atoms with Gasteiger partial charge in [0.25, 0.3) is 0 Å². The Balaban J connectivity index is 4.12. The molecular formula is C17H16N2O2. The van der Waals surface area contributed by atoms with Gasteiger partial charge in [-0.2, -0.15) is 9.98 Å². The highest BCUT2D eigenvalue weighted by Gasteiger charge is 2.19. The molecule has 0 spiro atoms. The lowest BCUT2D eigenvalue weighted by Gasteiger charge is -2.18. The topological polar surface area (TPSA) is 58.9 Å². The summed E-state index contributed by atoms with van der Waals surface area (Å²) in [5, 5.41) is 0. The van der Waals surface area contributed by atoms with E-state index in [0.717, 1.165) is 22.3 Å². The molecule has 0 heterocycles. The Morgan fingerprint density at radius 1 is 0.905 bits per heavy atom. The van der Waals surface area contributed by atoms with Crippen LogP contribution in [-0.2, 0) is 9.59 Å². The summed E-state index contributed by atoms with van der Waals surface area (Å²) in [6.45, 7) is 17.2. The molecule has 106 valence electrons. The van der Waals surface area contributed by atoms with Crippen LogP contribution >= 0.6 is 0 Å². The van der Waals surface area contributed by atoms with Crippen molar-refractivity contribution in [1.29, 1.82) is 0 Å². The van der Waals surface area contributed by atoms with Gasteiger partial charge in [0, 0.05) is 5.56 Å². The predicted octanol–water partition coefficient (Wildman–Crippen LogP) is 4.72. The molecule has 0 unspecified atom stereocenters. The largest absolute Gasteiger partial charge is 0.240 e. The summed E-state index contributed by atoms with van der Waals surface area (Å²) in [6, 6.07) is 1.64. The van der Waals surface area contributed by atoms with Crippen LogP contribution in [0.3, 0.4) is 0 Å². The lowest BCUT2D eigenvalue weighted by molar-refractivity contribution is 0.564. The van der Waals surface area contributed by atoms with Gasteiger partial charge in [0.2, 0.25) is 12.2 Å². The SMILES string of the molecule is C=C(C)c1cc(N=C=O)c(N=C=O)c(C(=C)C)c1C(=C)C. The second-order valence-corrected chi connectivity index (χ2v) is 4.79. The molecular weight excluding hydrogens is 264 g/mol. The van der Waals surface area contributed by atoms with Gasteiger partial charge in [0.05, 0.1) is 0 Å². The number of aliphatic imine (C=N–C) groups is 2. The van der Waals surface area contributed by atoms with Gasteiger partial charge in [-0.05, 0) is 49.1 Å². The van der Waals surface area contributed by atoms with E-state index in [1.807, 2.05) is 13.8 Å². The molecule has 21 heavy (non-hydrogen) atoms. The molecule has 0 aromatic heterocycles. The van der Waals surface area contributed by atoms with Crippen LogP contribution in [0.15, 0.2) is 35.8 Å². The van der Waals surface area contributed by atoms with Gasteiger partial charge in [-0.25, -0.2) is 9.59 Å². The summed E-state index contributed by atoms with van der Waals surface area (Å²) in [4.78, 5) is 28.6. The van der Waals surface area contributed by atoms with E-state index in [1.54, 1.807) is 13.0 Å². The molecule has 0 aliphatic carbocycles. The number of benzene rings is 1. The maximum Gasteiger partial charge on any atom is 0.240 e. The Bertz CT molecular complexity index is 718. The number of hydrogen-bond donors (Lipinski definition) is 0. The Hall–Kier alpha value is -2.80. The van der Waals surface area contributed by atoms with Crippen LogP contribution in [0.5, 0.6) is 0 Å². The molecule has 0 aliphatic rings. The Labute approximate surface area is 123 Å². The molecule has 0 radical (unpaired) electrons. The zero-order valence-electron chi connectivity index (χ0n) is 12.4. The second kappa shape index (κ2) is 6.58. The fourth-order valence-corrected chi connectivity index (χ4v) is 2.15. The molecule has 1 rings (SSSR count). The predicted molar refractivity (Wildman–Crippen MR) is 86.1 cm³/mol. The van der Waals surface area contributed by atoms with Crippen molar-refractivity contribution in [2.75, 3.05) is 0 Å². The van der Waals surface area contributed by atoms with E-state index in [-0.39, 0.29) is 11.4 Å². The van der Waals surface area contributed by atoms with Crippen LogP contribution in [0, 0.1) is 0 Å². The monoisotopic (exact) mass is 280 g/mol. The first-order chi connectivity index (χ1) is 9.84. The maximum absolute atomic E-state index is 10.7. The van der Waals surface area contributed by atoms with E-state index in [2.05, 4.69) is 29.7 Å². The summed E-state index contributed by atoms with van der Waals surface area (Å²) in [6.07, 6.45) is 2.95. The molecule has 4 heteroatoms. The van der Waals surface area contributed by atoms with E-state index in [9.17, 15) is 9.59 Å².